The lowest BCUT2D eigenvalue weighted by molar-refractivity contribution is -0.0172. The maximum Gasteiger partial charge on any atom is 0.0753 e. The van der Waals surface area contributed by atoms with Crippen molar-refractivity contribution >= 4 is 0 Å². The molecule has 1 saturated heterocycles. The van der Waals surface area contributed by atoms with Crippen LogP contribution in [0.15, 0.2) is 58.4 Å². The van der Waals surface area contributed by atoms with Gasteiger partial charge in [-0.15, -0.1) is 0 Å². The molecule has 0 spiro atoms. The second kappa shape index (κ2) is 7.95. The summed E-state index contributed by atoms with van der Waals surface area (Å²) < 4.78 is 0. The van der Waals surface area contributed by atoms with Gasteiger partial charge in [0.15, 0.2) is 0 Å². The van der Waals surface area contributed by atoms with Crippen molar-refractivity contribution in [1.82, 2.24) is 4.90 Å². The Balaban J connectivity index is 1.58. The topological polar surface area (TPSA) is 23.5 Å². The molecule has 0 aromatic carbocycles. The average molecular weight is 392 g/mol. The molecule has 2 heteroatoms. The number of rotatable bonds is 5. The number of nitrogens with zero attached hydrogens (tertiary/aromatic N) is 1. The van der Waals surface area contributed by atoms with Gasteiger partial charge in [0.25, 0.3) is 0 Å². The van der Waals surface area contributed by atoms with Gasteiger partial charge in [-0.05, 0) is 67.7 Å². The van der Waals surface area contributed by atoms with E-state index in [1.807, 2.05) is 0 Å². The number of piperidine rings is 1. The molecule has 3 atom stereocenters. The monoisotopic (exact) mass is 391 g/mol. The third-order valence-corrected chi connectivity index (χ3v) is 8.10. The lowest BCUT2D eigenvalue weighted by Gasteiger charge is -2.44. The third kappa shape index (κ3) is 3.38. The summed E-state index contributed by atoms with van der Waals surface area (Å²) in [6.45, 7) is 4.34. The summed E-state index contributed by atoms with van der Waals surface area (Å²) in [5.74, 6) is 0.875. The van der Waals surface area contributed by atoms with Crippen LogP contribution in [0.3, 0.4) is 0 Å². The van der Waals surface area contributed by atoms with Crippen LogP contribution in [-0.4, -0.2) is 28.7 Å². The summed E-state index contributed by atoms with van der Waals surface area (Å²) in [4.78, 5) is 2.60. The molecule has 0 bridgehead atoms. The highest BCUT2D eigenvalue weighted by Gasteiger charge is 2.47. The molecule has 0 amide bonds. The van der Waals surface area contributed by atoms with Crippen molar-refractivity contribution in [2.24, 2.45) is 11.8 Å². The molecule has 1 N–H and O–H groups in total. The molecular weight excluding hydrogens is 354 g/mol. The van der Waals surface area contributed by atoms with E-state index in [-0.39, 0.29) is 0 Å². The first-order chi connectivity index (χ1) is 14.2. The van der Waals surface area contributed by atoms with Gasteiger partial charge in [0.05, 0.1) is 5.60 Å². The summed E-state index contributed by atoms with van der Waals surface area (Å²) in [5.41, 5.74) is 7.30. The lowest BCUT2D eigenvalue weighted by atomic mass is 9.71. The number of hydrogen-bond acceptors (Lipinski definition) is 2. The van der Waals surface area contributed by atoms with E-state index in [1.54, 1.807) is 16.7 Å². The molecule has 0 radical (unpaired) electrons. The molecule has 3 unspecified atom stereocenters. The standard InChI is InChI=1S/C27H37NO/c1-2-3-4-8-16-27(29)18-20-11-10-13-22-25-15-7-9-17-28(25)19-23(26(20)22)21-12-5-6-14-24(21)27/h5,7,9,12,15,22,24,29H,2-4,6,8,10-11,13-14,16-19H2,1H3. The van der Waals surface area contributed by atoms with Gasteiger partial charge in [-0.25, -0.2) is 0 Å². The molecule has 5 rings (SSSR count). The van der Waals surface area contributed by atoms with Crippen LogP contribution in [0.1, 0.15) is 77.6 Å². The predicted molar refractivity (Wildman–Crippen MR) is 120 cm³/mol. The van der Waals surface area contributed by atoms with E-state index >= 15 is 0 Å². The maximum atomic E-state index is 12.1. The van der Waals surface area contributed by atoms with Crippen molar-refractivity contribution < 1.29 is 5.11 Å². The zero-order valence-corrected chi connectivity index (χ0v) is 18.1. The molecule has 2 heterocycles. The van der Waals surface area contributed by atoms with Gasteiger partial charge in [-0.3, -0.25) is 0 Å². The molecule has 1 fully saturated rings. The van der Waals surface area contributed by atoms with E-state index in [9.17, 15) is 5.11 Å². The largest absolute Gasteiger partial charge is 0.389 e. The third-order valence-electron chi connectivity index (χ3n) is 8.10. The van der Waals surface area contributed by atoms with E-state index in [1.165, 1.54) is 56.2 Å². The highest BCUT2D eigenvalue weighted by Crippen LogP contribution is 2.54. The maximum absolute atomic E-state index is 12.1. The second-order valence-electron chi connectivity index (χ2n) is 9.92. The minimum absolute atomic E-state index is 0.321. The quantitative estimate of drug-likeness (QED) is 0.562. The average Bonchev–Trinajstić information content (AvgIpc) is 2.86. The van der Waals surface area contributed by atoms with Crippen molar-refractivity contribution in [1.29, 1.82) is 0 Å². The fourth-order valence-electron chi connectivity index (χ4n) is 6.76. The number of hydrogen-bond donors (Lipinski definition) is 1. The lowest BCUT2D eigenvalue weighted by Crippen LogP contribution is -2.40. The molecule has 0 aromatic heterocycles. The van der Waals surface area contributed by atoms with E-state index < -0.39 is 5.60 Å². The number of fused-ring (bicyclic) bond motifs is 3. The summed E-state index contributed by atoms with van der Waals surface area (Å²) in [5, 5.41) is 12.1. The zero-order chi connectivity index (χ0) is 19.8. The van der Waals surface area contributed by atoms with Crippen LogP contribution < -0.4 is 0 Å². The van der Waals surface area contributed by atoms with Crippen molar-refractivity contribution in [3.8, 4) is 0 Å². The minimum Gasteiger partial charge on any atom is -0.389 e. The van der Waals surface area contributed by atoms with Gasteiger partial charge in [-0.2, -0.15) is 0 Å². The molecule has 29 heavy (non-hydrogen) atoms. The Morgan fingerprint density at radius 2 is 2.10 bits per heavy atom. The van der Waals surface area contributed by atoms with Crippen LogP contribution >= 0.6 is 0 Å². The Morgan fingerprint density at radius 3 is 3.00 bits per heavy atom. The zero-order valence-electron chi connectivity index (χ0n) is 18.1. The van der Waals surface area contributed by atoms with Crippen LogP contribution in [0.25, 0.3) is 0 Å². The van der Waals surface area contributed by atoms with Crippen molar-refractivity contribution in [2.75, 3.05) is 13.1 Å². The molecule has 0 saturated carbocycles. The first-order valence-electron chi connectivity index (χ1n) is 12.2. The molecular formula is C27H37NO. The molecule has 3 aliphatic carbocycles. The number of unbranched alkanes of at least 4 members (excludes halogenated alkanes) is 3. The van der Waals surface area contributed by atoms with Gasteiger partial charge < -0.3 is 10.0 Å². The SMILES string of the molecule is CCCCCCC1(O)CC2=C3C(=C4C=CCCC41)CN1CC=CC=C1C3CCC2. The number of allylic oxidation sites excluding steroid dienone is 5. The van der Waals surface area contributed by atoms with Crippen LogP contribution in [0.4, 0.5) is 0 Å². The van der Waals surface area contributed by atoms with Gasteiger partial charge in [0.1, 0.15) is 0 Å². The first-order valence-corrected chi connectivity index (χ1v) is 12.2. The van der Waals surface area contributed by atoms with Crippen LogP contribution in [-0.2, 0) is 0 Å². The highest BCUT2D eigenvalue weighted by molar-refractivity contribution is 5.55. The fourth-order valence-corrected chi connectivity index (χ4v) is 6.76. The van der Waals surface area contributed by atoms with E-state index in [4.69, 9.17) is 0 Å². The first kappa shape index (κ1) is 19.4. The normalized spacial score (nSPS) is 33.2. The minimum atomic E-state index is -0.546. The molecule has 2 aliphatic heterocycles. The van der Waals surface area contributed by atoms with Gasteiger partial charge in [0, 0.05) is 30.6 Å². The summed E-state index contributed by atoms with van der Waals surface area (Å²) in [7, 11) is 0. The predicted octanol–water partition coefficient (Wildman–Crippen LogP) is 6.22. The van der Waals surface area contributed by atoms with E-state index in [0.717, 1.165) is 38.8 Å². The Kier molecular flexibility index (Phi) is 5.32. The van der Waals surface area contributed by atoms with Crippen LogP contribution in [0.2, 0.25) is 0 Å². The molecule has 2 nitrogen and oxygen atoms in total. The highest BCUT2D eigenvalue weighted by atomic mass is 16.3. The summed E-state index contributed by atoms with van der Waals surface area (Å²) >= 11 is 0. The summed E-state index contributed by atoms with van der Waals surface area (Å²) in [6, 6.07) is 0. The van der Waals surface area contributed by atoms with Gasteiger partial charge in [0.2, 0.25) is 0 Å². The van der Waals surface area contributed by atoms with Crippen molar-refractivity contribution in [3.05, 3.63) is 58.4 Å². The Morgan fingerprint density at radius 1 is 1.17 bits per heavy atom. The van der Waals surface area contributed by atoms with Crippen molar-refractivity contribution in [3.63, 3.8) is 0 Å². The van der Waals surface area contributed by atoms with Crippen LogP contribution in [0.5, 0.6) is 0 Å². The Hall–Kier alpha value is -1.54. The molecule has 0 aromatic rings. The van der Waals surface area contributed by atoms with Gasteiger partial charge >= 0.3 is 0 Å². The molecule has 156 valence electrons. The second-order valence-corrected chi connectivity index (χ2v) is 9.92. The van der Waals surface area contributed by atoms with E-state index in [2.05, 4.69) is 42.2 Å². The Labute approximate surface area is 176 Å². The number of aliphatic hydroxyl groups is 1. The van der Waals surface area contributed by atoms with Gasteiger partial charge in [-0.1, -0.05) is 62.5 Å². The van der Waals surface area contributed by atoms with E-state index in [0.29, 0.717) is 11.8 Å². The van der Waals surface area contributed by atoms with Crippen molar-refractivity contribution in [2.45, 2.75) is 83.2 Å². The fraction of sp³-hybridized carbons (Fsp3) is 0.630. The smallest absolute Gasteiger partial charge is 0.0753 e. The Bertz CT molecular complexity index is 810. The molecule has 5 aliphatic rings. The summed E-state index contributed by atoms with van der Waals surface area (Å²) in [6.07, 6.45) is 24.5. The van der Waals surface area contributed by atoms with Crippen LogP contribution in [0, 0.1) is 11.8 Å².